The average molecular weight is 273 g/mol. The van der Waals surface area contributed by atoms with Gasteiger partial charge in [0.1, 0.15) is 0 Å². The Hall–Kier alpha value is -2.20. The van der Waals surface area contributed by atoms with Crippen LogP contribution in [0.1, 0.15) is 18.1 Å². The van der Waals surface area contributed by atoms with E-state index in [2.05, 4.69) is 5.32 Å². The molecule has 0 heterocycles. The Morgan fingerprint density at radius 3 is 2.70 bits per heavy atom. The van der Waals surface area contributed by atoms with Gasteiger partial charge in [0.15, 0.2) is 11.5 Å². The predicted molar refractivity (Wildman–Crippen MR) is 79.0 cm³/mol. The van der Waals surface area contributed by atoms with Crippen LogP contribution in [-0.4, -0.2) is 16.8 Å². The van der Waals surface area contributed by atoms with Gasteiger partial charge in [0.2, 0.25) is 0 Å². The molecule has 0 aliphatic carbocycles. The van der Waals surface area contributed by atoms with Crippen molar-refractivity contribution in [2.75, 3.05) is 11.9 Å². The standard InChI is InChI=1S/C16H19NO3/c1-2-20-15-8-4-6-13(16(15)19)10-17-14-7-3-5-12(9-14)11-18/h3-9,17-19H,2,10-11H2,1H3. The summed E-state index contributed by atoms with van der Waals surface area (Å²) in [5.74, 6) is 0.663. The number of rotatable bonds is 6. The second kappa shape index (κ2) is 6.82. The zero-order chi connectivity index (χ0) is 14.4. The molecular formula is C16H19NO3. The van der Waals surface area contributed by atoms with Crippen molar-refractivity contribution in [3.05, 3.63) is 53.6 Å². The highest BCUT2D eigenvalue weighted by Crippen LogP contribution is 2.30. The van der Waals surface area contributed by atoms with Crippen molar-refractivity contribution in [1.29, 1.82) is 0 Å². The van der Waals surface area contributed by atoms with Crippen LogP contribution in [0.5, 0.6) is 11.5 Å². The molecule has 4 nitrogen and oxygen atoms in total. The van der Waals surface area contributed by atoms with Gasteiger partial charge >= 0.3 is 0 Å². The number of hydrogen-bond acceptors (Lipinski definition) is 4. The fraction of sp³-hybridized carbons (Fsp3) is 0.250. The molecule has 0 fully saturated rings. The first-order valence-electron chi connectivity index (χ1n) is 6.62. The Balaban J connectivity index is 2.08. The summed E-state index contributed by atoms with van der Waals surface area (Å²) in [4.78, 5) is 0. The molecule has 2 rings (SSSR count). The Bertz CT molecular complexity index is 569. The minimum absolute atomic E-state index is 0.0145. The Labute approximate surface area is 118 Å². The van der Waals surface area contributed by atoms with E-state index in [0.717, 1.165) is 16.8 Å². The highest BCUT2D eigenvalue weighted by atomic mass is 16.5. The number of benzene rings is 2. The van der Waals surface area contributed by atoms with Crippen LogP contribution < -0.4 is 10.1 Å². The molecule has 0 saturated carbocycles. The minimum Gasteiger partial charge on any atom is -0.504 e. The van der Waals surface area contributed by atoms with Crippen LogP contribution in [0.2, 0.25) is 0 Å². The Morgan fingerprint density at radius 1 is 1.15 bits per heavy atom. The fourth-order valence-corrected chi connectivity index (χ4v) is 1.96. The van der Waals surface area contributed by atoms with Crippen LogP contribution in [0.15, 0.2) is 42.5 Å². The lowest BCUT2D eigenvalue weighted by Crippen LogP contribution is -2.01. The summed E-state index contributed by atoms with van der Waals surface area (Å²) in [5, 5.41) is 22.4. The lowest BCUT2D eigenvalue weighted by atomic mass is 10.1. The van der Waals surface area contributed by atoms with Crippen molar-refractivity contribution >= 4 is 5.69 Å². The van der Waals surface area contributed by atoms with Gasteiger partial charge in [0, 0.05) is 17.8 Å². The van der Waals surface area contributed by atoms with Crippen molar-refractivity contribution in [2.45, 2.75) is 20.1 Å². The summed E-state index contributed by atoms with van der Waals surface area (Å²) in [6.07, 6.45) is 0. The van der Waals surface area contributed by atoms with Gasteiger partial charge < -0.3 is 20.3 Å². The highest BCUT2D eigenvalue weighted by molar-refractivity contribution is 5.50. The van der Waals surface area contributed by atoms with Gasteiger partial charge in [-0.3, -0.25) is 0 Å². The normalized spacial score (nSPS) is 10.3. The molecule has 106 valence electrons. The second-order valence-electron chi connectivity index (χ2n) is 4.41. The zero-order valence-electron chi connectivity index (χ0n) is 11.5. The Morgan fingerprint density at radius 2 is 1.95 bits per heavy atom. The minimum atomic E-state index is 0.0145. The topological polar surface area (TPSA) is 61.7 Å². The molecule has 2 aromatic rings. The molecule has 0 radical (unpaired) electrons. The van der Waals surface area contributed by atoms with Gasteiger partial charge in [-0.15, -0.1) is 0 Å². The molecule has 0 unspecified atom stereocenters. The van der Waals surface area contributed by atoms with Crippen LogP contribution in [0.3, 0.4) is 0 Å². The molecule has 0 amide bonds. The molecule has 0 atom stereocenters. The van der Waals surface area contributed by atoms with Crippen molar-refractivity contribution in [3.8, 4) is 11.5 Å². The van der Waals surface area contributed by atoms with E-state index in [9.17, 15) is 5.11 Å². The molecule has 4 heteroatoms. The molecule has 0 spiro atoms. The number of phenolic OH excluding ortho intramolecular Hbond substituents is 1. The van der Waals surface area contributed by atoms with E-state index in [1.807, 2.05) is 43.3 Å². The number of nitrogens with one attached hydrogen (secondary N) is 1. The lowest BCUT2D eigenvalue weighted by molar-refractivity contribution is 0.282. The fourth-order valence-electron chi connectivity index (χ4n) is 1.96. The molecule has 20 heavy (non-hydrogen) atoms. The average Bonchev–Trinajstić information content (AvgIpc) is 2.48. The largest absolute Gasteiger partial charge is 0.504 e. The maximum absolute atomic E-state index is 10.1. The third-order valence-corrected chi connectivity index (χ3v) is 2.97. The number of para-hydroxylation sites is 1. The van der Waals surface area contributed by atoms with Gasteiger partial charge in [0.05, 0.1) is 13.2 Å². The smallest absolute Gasteiger partial charge is 0.162 e. The number of aliphatic hydroxyl groups is 1. The van der Waals surface area contributed by atoms with E-state index < -0.39 is 0 Å². The molecule has 3 N–H and O–H groups in total. The number of aliphatic hydroxyl groups excluding tert-OH is 1. The van der Waals surface area contributed by atoms with E-state index in [1.54, 1.807) is 6.07 Å². The Kier molecular flexibility index (Phi) is 4.85. The number of aromatic hydroxyl groups is 1. The number of ether oxygens (including phenoxy) is 1. The van der Waals surface area contributed by atoms with Crippen molar-refractivity contribution in [1.82, 2.24) is 0 Å². The van der Waals surface area contributed by atoms with Gasteiger partial charge in [-0.2, -0.15) is 0 Å². The number of anilines is 1. The van der Waals surface area contributed by atoms with E-state index in [4.69, 9.17) is 9.84 Å². The molecule has 0 aromatic heterocycles. The summed E-state index contributed by atoms with van der Waals surface area (Å²) in [6, 6.07) is 13.0. The first-order valence-corrected chi connectivity index (χ1v) is 6.62. The summed E-state index contributed by atoms with van der Waals surface area (Å²) < 4.78 is 5.36. The molecule has 2 aromatic carbocycles. The van der Waals surface area contributed by atoms with Gasteiger partial charge in [-0.25, -0.2) is 0 Å². The molecular weight excluding hydrogens is 254 g/mol. The van der Waals surface area contributed by atoms with E-state index in [-0.39, 0.29) is 12.4 Å². The SMILES string of the molecule is CCOc1cccc(CNc2cccc(CO)c2)c1O. The van der Waals surface area contributed by atoms with Gasteiger partial charge in [-0.05, 0) is 30.7 Å². The zero-order valence-corrected chi connectivity index (χ0v) is 11.5. The number of hydrogen-bond donors (Lipinski definition) is 3. The monoisotopic (exact) mass is 273 g/mol. The molecule has 0 saturated heterocycles. The third kappa shape index (κ3) is 3.42. The van der Waals surface area contributed by atoms with Crippen LogP contribution in [0.4, 0.5) is 5.69 Å². The van der Waals surface area contributed by atoms with Crippen molar-refractivity contribution in [3.63, 3.8) is 0 Å². The maximum atomic E-state index is 10.1. The van der Waals surface area contributed by atoms with E-state index in [1.165, 1.54) is 0 Å². The van der Waals surface area contributed by atoms with E-state index >= 15 is 0 Å². The van der Waals surface area contributed by atoms with Crippen molar-refractivity contribution < 1.29 is 14.9 Å². The van der Waals surface area contributed by atoms with Gasteiger partial charge in [0.25, 0.3) is 0 Å². The van der Waals surface area contributed by atoms with Crippen molar-refractivity contribution in [2.24, 2.45) is 0 Å². The summed E-state index contributed by atoms with van der Waals surface area (Å²) in [5.41, 5.74) is 2.52. The third-order valence-electron chi connectivity index (χ3n) is 2.97. The maximum Gasteiger partial charge on any atom is 0.162 e. The van der Waals surface area contributed by atoms with E-state index in [0.29, 0.717) is 18.9 Å². The highest BCUT2D eigenvalue weighted by Gasteiger charge is 2.07. The molecule has 0 aliphatic heterocycles. The second-order valence-corrected chi connectivity index (χ2v) is 4.41. The summed E-state index contributed by atoms with van der Waals surface area (Å²) >= 11 is 0. The first kappa shape index (κ1) is 14.2. The molecule has 0 aliphatic rings. The predicted octanol–water partition coefficient (Wildman–Crippen LogP) is 2.90. The van der Waals surface area contributed by atoms with Crippen LogP contribution >= 0.6 is 0 Å². The van der Waals surface area contributed by atoms with Crippen LogP contribution in [0, 0.1) is 0 Å². The quantitative estimate of drug-likeness (QED) is 0.757. The summed E-state index contributed by atoms with van der Waals surface area (Å²) in [6.45, 7) is 2.90. The first-order chi connectivity index (χ1) is 9.74. The van der Waals surface area contributed by atoms with Gasteiger partial charge in [-0.1, -0.05) is 24.3 Å². The van der Waals surface area contributed by atoms with Crippen LogP contribution in [-0.2, 0) is 13.2 Å². The molecule has 0 bridgehead atoms. The summed E-state index contributed by atoms with van der Waals surface area (Å²) in [7, 11) is 0. The van der Waals surface area contributed by atoms with Crippen LogP contribution in [0.25, 0.3) is 0 Å². The number of phenols is 1. The lowest BCUT2D eigenvalue weighted by Gasteiger charge is -2.12.